The molecule has 0 N–H and O–H groups in total. The molecule has 4 rings (SSSR count). The van der Waals surface area contributed by atoms with Crippen LogP contribution in [0.25, 0.3) is 5.57 Å². The first-order chi connectivity index (χ1) is 20.8. The van der Waals surface area contributed by atoms with E-state index in [0.29, 0.717) is 11.6 Å². The molecule has 0 aliphatic heterocycles. The summed E-state index contributed by atoms with van der Waals surface area (Å²) >= 11 is 0. The number of rotatable bonds is 9. The number of benzene rings is 3. The van der Waals surface area contributed by atoms with Crippen molar-refractivity contribution in [3.63, 3.8) is 0 Å². The lowest BCUT2D eigenvalue weighted by Gasteiger charge is -2.27. The van der Waals surface area contributed by atoms with Crippen LogP contribution in [0.2, 0.25) is 0 Å². The molecule has 0 radical (unpaired) electrons. The summed E-state index contributed by atoms with van der Waals surface area (Å²) in [5.41, 5.74) is 2.16. The van der Waals surface area contributed by atoms with Gasteiger partial charge in [0.15, 0.2) is 11.6 Å². The van der Waals surface area contributed by atoms with E-state index >= 15 is 0 Å². The smallest absolute Gasteiger partial charge is 0.432 e. The van der Waals surface area contributed by atoms with Gasteiger partial charge in [-0.1, -0.05) is 55.9 Å². The first-order valence-corrected chi connectivity index (χ1v) is 13.6. The van der Waals surface area contributed by atoms with Crippen molar-refractivity contribution < 1.29 is 49.0 Å². The Labute approximate surface area is 247 Å². The van der Waals surface area contributed by atoms with Crippen molar-refractivity contribution >= 4 is 5.57 Å². The summed E-state index contributed by atoms with van der Waals surface area (Å²) in [5.74, 6) is -5.64. The van der Waals surface area contributed by atoms with Crippen molar-refractivity contribution in [3.05, 3.63) is 112 Å². The van der Waals surface area contributed by atoms with Crippen LogP contribution >= 0.6 is 0 Å². The highest BCUT2D eigenvalue weighted by molar-refractivity contribution is 5.76. The Balaban J connectivity index is 1.43. The van der Waals surface area contributed by atoms with Crippen LogP contribution in [0.15, 0.2) is 72.6 Å². The van der Waals surface area contributed by atoms with Crippen LogP contribution in [-0.4, -0.2) is 12.5 Å². The van der Waals surface area contributed by atoms with Gasteiger partial charge in [-0.05, 0) is 60.7 Å². The van der Waals surface area contributed by atoms with Gasteiger partial charge in [-0.3, -0.25) is 0 Å². The number of aryl methyl sites for hydroxylation is 1. The van der Waals surface area contributed by atoms with E-state index in [2.05, 4.69) is 28.2 Å². The predicted molar refractivity (Wildman–Crippen MR) is 146 cm³/mol. The van der Waals surface area contributed by atoms with E-state index in [0.717, 1.165) is 43.4 Å². The van der Waals surface area contributed by atoms with Crippen LogP contribution < -0.4 is 9.47 Å². The Hall–Kier alpha value is -4.33. The van der Waals surface area contributed by atoms with Crippen LogP contribution in [0, 0.1) is 35.2 Å². The zero-order chi connectivity index (χ0) is 32.1. The summed E-state index contributed by atoms with van der Waals surface area (Å²) in [7, 11) is 0. The first-order valence-electron chi connectivity index (χ1n) is 13.6. The van der Waals surface area contributed by atoms with Crippen LogP contribution in [0.1, 0.15) is 54.9 Å². The lowest BCUT2D eigenvalue weighted by atomic mass is 9.90. The number of ether oxygens (including phenoxy) is 2. The molecule has 0 saturated heterocycles. The topological polar surface area (TPSA) is 18.5 Å². The van der Waals surface area contributed by atoms with Crippen molar-refractivity contribution in [2.75, 3.05) is 0 Å². The molecule has 0 heterocycles. The number of hydrogen-bond acceptors (Lipinski definition) is 2. The minimum atomic E-state index is -5.44. The maximum atomic E-state index is 14.9. The molecule has 1 unspecified atom stereocenters. The Morgan fingerprint density at radius 1 is 0.773 bits per heavy atom. The van der Waals surface area contributed by atoms with Gasteiger partial charge in [0.1, 0.15) is 23.3 Å². The van der Waals surface area contributed by atoms with Gasteiger partial charge in [0.25, 0.3) is 0 Å². The van der Waals surface area contributed by atoms with E-state index in [1.165, 1.54) is 17.7 Å². The van der Waals surface area contributed by atoms with Crippen LogP contribution in [0.3, 0.4) is 0 Å². The van der Waals surface area contributed by atoms with Gasteiger partial charge in [0.2, 0.25) is 5.75 Å². The first kappa shape index (κ1) is 32.6. The second-order valence-electron chi connectivity index (χ2n) is 10.0. The maximum absolute atomic E-state index is 14.9. The highest BCUT2D eigenvalue weighted by atomic mass is 19.4. The Morgan fingerprint density at radius 2 is 1.41 bits per heavy atom. The predicted octanol–water partition coefficient (Wildman–Crippen LogP) is 10.1. The van der Waals surface area contributed by atoms with Gasteiger partial charge in [0, 0.05) is 28.8 Å². The highest BCUT2D eigenvalue weighted by Crippen LogP contribution is 2.42. The molecule has 44 heavy (non-hydrogen) atoms. The van der Waals surface area contributed by atoms with Gasteiger partial charge in [-0.15, -0.1) is 13.2 Å². The van der Waals surface area contributed by atoms with Gasteiger partial charge in [0.05, 0.1) is 0 Å². The molecule has 0 aromatic heterocycles. The fourth-order valence-electron chi connectivity index (χ4n) is 4.49. The van der Waals surface area contributed by atoms with Gasteiger partial charge < -0.3 is 9.47 Å². The second kappa shape index (κ2) is 13.5. The van der Waals surface area contributed by atoms with E-state index < -0.39 is 59.6 Å². The Bertz CT molecular complexity index is 1590. The molecular formula is C33H25F9O2. The van der Waals surface area contributed by atoms with E-state index in [-0.39, 0.29) is 23.3 Å². The molecule has 3 aromatic carbocycles. The van der Waals surface area contributed by atoms with Crippen molar-refractivity contribution in [2.45, 2.75) is 51.5 Å². The fraction of sp³-hybridized carbons (Fsp3) is 0.273. The van der Waals surface area contributed by atoms with Gasteiger partial charge in [-0.2, -0.15) is 8.78 Å². The molecule has 0 saturated carbocycles. The molecular weight excluding hydrogens is 599 g/mol. The summed E-state index contributed by atoms with van der Waals surface area (Å²) in [6, 6.07) is 11.8. The summed E-state index contributed by atoms with van der Waals surface area (Å²) in [6.45, 7) is 2.13. The molecule has 1 aliphatic rings. The fourth-order valence-corrected chi connectivity index (χ4v) is 4.49. The number of halogens is 9. The molecule has 1 atom stereocenters. The molecule has 11 heteroatoms. The summed E-state index contributed by atoms with van der Waals surface area (Å²) in [6.07, 6.45) is -4.35. The second-order valence-corrected chi connectivity index (χ2v) is 10.0. The lowest BCUT2D eigenvalue weighted by molar-refractivity contribution is -0.276. The largest absolute Gasteiger partial charge is 0.573 e. The molecule has 1 aliphatic carbocycles. The average molecular weight is 625 g/mol. The monoisotopic (exact) mass is 624 g/mol. The third-order valence-electron chi connectivity index (χ3n) is 6.70. The van der Waals surface area contributed by atoms with E-state index in [1.807, 2.05) is 24.3 Å². The Morgan fingerprint density at radius 3 is 2.00 bits per heavy atom. The van der Waals surface area contributed by atoms with Gasteiger partial charge >= 0.3 is 12.5 Å². The zero-order valence-electron chi connectivity index (χ0n) is 23.2. The molecule has 0 fully saturated rings. The number of unbranched alkanes of at least 4 members (excludes halogenated alkanes) is 2. The molecule has 0 amide bonds. The van der Waals surface area contributed by atoms with E-state index in [4.69, 9.17) is 0 Å². The number of allylic oxidation sites excluding steroid dienone is 3. The third kappa shape index (κ3) is 8.40. The number of hydrogen-bond donors (Lipinski definition) is 0. The maximum Gasteiger partial charge on any atom is 0.573 e. The quantitative estimate of drug-likeness (QED) is 0.134. The van der Waals surface area contributed by atoms with Crippen molar-refractivity contribution in [2.24, 2.45) is 5.92 Å². The average Bonchev–Trinajstić information content (AvgIpc) is 2.94. The van der Waals surface area contributed by atoms with Crippen LogP contribution in [0.4, 0.5) is 39.5 Å². The Kier molecular flexibility index (Phi) is 10.0. The summed E-state index contributed by atoms with van der Waals surface area (Å²) < 4.78 is 132. The third-order valence-corrected chi connectivity index (χ3v) is 6.70. The molecule has 0 spiro atoms. The van der Waals surface area contributed by atoms with E-state index in [9.17, 15) is 39.5 Å². The summed E-state index contributed by atoms with van der Waals surface area (Å²) in [5, 5.41) is 0. The molecule has 2 nitrogen and oxygen atoms in total. The van der Waals surface area contributed by atoms with Crippen LogP contribution in [0.5, 0.6) is 11.5 Å². The SMILES string of the molecule is CCCCCc1ccc(C#Cc2ccc(C3=CCC(C(F)(F)Oc4cc(F)c(OC(F)(F)F)c(F)c4)C(F)=C3)c(F)c2)cc1. The van der Waals surface area contributed by atoms with Gasteiger partial charge in [-0.25, -0.2) is 17.6 Å². The summed E-state index contributed by atoms with van der Waals surface area (Å²) in [4.78, 5) is 0. The molecule has 0 bridgehead atoms. The van der Waals surface area contributed by atoms with Crippen molar-refractivity contribution in [1.82, 2.24) is 0 Å². The standard InChI is InChI=1S/C33H25F9O2/c1-2-3-4-5-20-6-8-21(9-7-20)10-11-22-12-14-25(27(34)16-22)23-13-15-26(28(35)17-23)32(38,39)43-24-18-29(36)31(30(37)19-24)44-33(40,41)42/h6-9,12-14,16-19,26H,2-5,15H2,1H3. The van der Waals surface area contributed by atoms with Crippen molar-refractivity contribution in [3.8, 4) is 23.3 Å². The molecule has 3 aromatic rings. The minimum Gasteiger partial charge on any atom is -0.432 e. The minimum absolute atomic E-state index is 0.0315. The number of alkyl halides is 5. The van der Waals surface area contributed by atoms with Crippen LogP contribution in [-0.2, 0) is 6.42 Å². The van der Waals surface area contributed by atoms with Crippen molar-refractivity contribution in [1.29, 1.82) is 0 Å². The van der Waals surface area contributed by atoms with E-state index in [1.54, 1.807) is 0 Å². The zero-order valence-corrected chi connectivity index (χ0v) is 23.2. The lowest BCUT2D eigenvalue weighted by Crippen LogP contribution is -2.36. The molecule has 232 valence electrons. The highest BCUT2D eigenvalue weighted by Gasteiger charge is 2.46. The normalized spacial score (nSPS) is 15.2.